The van der Waals surface area contributed by atoms with Crippen molar-refractivity contribution in [2.45, 2.75) is 6.18 Å². The van der Waals surface area contributed by atoms with Crippen molar-refractivity contribution in [3.05, 3.63) is 75.0 Å². The standard InChI is InChI=1S/C20H11F3N2O3S3/c21-20(22,23)13-5-2-1-4-12(13)14-8-7-11(28-14)10-16-18(27)25(19(29)31-16)24-17(26)15-6-3-9-30-15/h1-10H,(H,24,26)/b16-10+. The molecule has 1 N–H and O–H groups in total. The molecule has 0 radical (unpaired) electrons. The summed E-state index contributed by atoms with van der Waals surface area (Å²) in [5.74, 6) is -0.845. The molecule has 3 heterocycles. The van der Waals surface area contributed by atoms with E-state index in [1.165, 1.54) is 47.7 Å². The van der Waals surface area contributed by atoms with Crippen LogP contribution in [-0.2, 0) is 11.0 Å². The van der Waals surface area contributed by atoms with Gasteiger partial charge in [0.15, 0.2) is 4.32 Å². The van der Waals surface area contributed by atoms with Gasteiger partial charge >= 0.3 is 6.18 Å². The van der Waals surface area contributed by atoms with Crippen molar-refractivity contribution >= 4 is 57.5 Å². The number of hydrazine groups is 1. The molecular formula is C20H11F3N2O3S3. The fourth-order valence-corrected chi connectivity index (χ4v) is 4.55. The fourth-order valence-electron chi connectivity index (χ4n) is 2.78. The van der Waals surface area contributed by atoms with E-state index >= 15 is 0 Å². The number of hydrogen-bond donors (Lipinski definition) is 1. The maximum absolute atomic E-state index is 13.3. The van der Waals surface area contributed by atoms with Gasteiger partial charge in [-0.3, -0.25) is 15.0 Å². The molecule has 0 bridgehead atoms. The first kappa shape index (κ1) is 21.3. The van der Waals surface area contributed by atoms with Gasteiger partial charge in [-0.25, -0.2) is 0 Å². The minimum absolute atomic E-state index is 0.0145. The van der Waals surface area contributed by atoms with Crippen LogP contribution in [0.1, 0.15) is 21.0 Å². The predicted molar refractivity (Wildman–Crippen MR) is 116 cm³/mol. The molecule has 1 aliphatic rings. The first-order chi connectivity index (χ1) is 14.7. The van der Waals surface area contributed by atoms with E-state index in [4.69, 9.17) is 16.6 Å². The number of rotatable bonds is 4. The van der Waals surface area contributed by atoms with Gasteiger partial charge < -0.3 is 4.42 Å². The molecule has 0 spiro atoms. The average Bonchev–Trinajstić information content (AvgIpc) is 3.46. The number of nitrogens with one attached hydrogen (secondary N) is 1. The van der Waals surface area contributed by atoms with E-state index in [1.54, 1.807) is 17.5 Å². The highest BCUT2D eigenvalue weighted by Crippen LogP contribution is 2.38. The van der Waals surface area contributed by atoms with Gasteiger partial charge in [-0.2, -0.15) is 18.2 Å². The quantitative estimate of drug-likeness (QED) is 0.391. The number of amides is 2. The minimum atomic E-state index is -4.53. The highest BCUT2D eigenvalue weighted by Gasteiger charge is 2.35. The van der Waals surface area contributed by atoms with E-state index in [9.17, 15) is 22.8 Å². The lowest BCUT2D eigenvalue weighted by Gasteiger charge is -2.14. The number of alkyl halides is 3. The number of hydrogen-bond acceptors (Lipinski definition) is 6. The van der Waals surface area contributed by atoms with Crippen LogP contribution in [0, 0.1) is 0 Å². The van der Waals surface area contributed by atoms with Gasteiger partial charge in [0.1, 0.15) is 11.5 Å². The minimum Gasteiger partial charge on any atom is -0.457 e. The van der Waals surface area contributed by atoms with Gasteiger partial charge in [0, 0.05) is 11.6 Å². The van der Waals surface area contributed by atoms with E-state index in [2.05, 4.69) is 5.43 Å². The zero-order valence-electron chi connectivity index (χ0n) is 15.3. The Morgan fingerprint density at radius 3 is 2.61 bits per heavy atom. The number of thioether (sulfide) groups is 1. The third kappa shape index (κ3) is 4.43. The molecule has 5 nitrogen and oxygen atoms in total. The van der Waals surface area contributed by atoms with Crippen molar-refractivity contribution in [1.82, 2.24) is 10.4 Å². The Kier molecular flexibility index (Phi) is 5.73. The first-order valence-electron chi connectivity index (χ1n) is 8.63. The number of nitrogens with zero attached hydrogens (tertiary/aromatic N) is 1. The van der Waals surface area contributed by atoms with Gasteiger partial charge in [0.25, 0.3) is 11.8 Å². The van der Waals surface area contributed by atoms with Crippen LogP contribution in [-0.4, -0.2) is 21.1 Å². The summed E-state index contributed by atoms with van der Waals surface area (Å²) < 4.78 is 45.4. The third-order valence-corrected chi connectivity index (χ3v) is 6.32. The Labute approximate surface area is 187 Å². The summed E-state index contributed by atoms with van der Waals surface area (Å²) in [4.78, 5) is 25.4. The fraction of sp³-hybridized carbons (Fsp3) is 0.0500. The lowest BCUT2D eigenvalue weighted by Crippen LogP contribution is -2.44. The van der Waals surface area contributed by atoms with E-state index in [-0.39, 0.29) is 26.3 Å². The second-order valence-electron chi connectivity index (χ2n) is 6.18. The maximum Gasteiger partial charge on any atom is 0.417 e. The predicted octanol–water partition coefficient (Wildman–Crippen LogP) is 5.57. The zero-order valence-corrected chi connectivity index (χ0v) is 17.8. The highest BCUT2D eigenvalue weighted by molar-refractivity contribution is 8.26. The highest BCUT2D eigenvalue weighted by atomic mass is 32.2. The van der Waals surface area contributed by atoms with Crippen molar-refractivity contribution in [1.29, 1.82) is 0 Å². The Balaban J connectivity index is 1.56. The molecule has 1 fully saturated rings. The SMILES string of the molecule is O=C(NN1C(=O)/C(=C\c2ccc(-c3ccccc3C(F)(F)F)o2)SC1=S)c1cccs1. The molecule has 158 valence electrons. The van der Waals surface area contributed by atoms with Gasteiger partial charge in [-0.05, 0) is 41.9 Å². The number of benzene rings is 1. The zero-order chi connectivity index (χ0) is 22.2. The van der Waals surface area contributed by atoms with E-state index in [0.29, 0.717) is 4.88 Å². The average molecular weight is 481 g/mol. The molecule has 1 aliphatic heterocycles. The van der Waals surface area contributed by atoms with Crippen molar-refractivity contribution in [3.8, 4) is 11.3 Å². The summed E-state index contributed by atoms with van der Waals surface area (Å²) in [5.41, 5.74) is 1.52. The van der Waals surface area contributed by atoms with Crippen molar-refractivity contribution in [3.63, 3.8) is 0 Å². The molecule has 2 amide bonds. The molecule has 0 saturated carbocycles. The molecule has 31 heavy (non-hydrogen) atoms. The molecule has 1 aromatic carbocycles. The van der Waals surface area contributed by atoms with E-state index in [1.807, 2.05) is 0 Å². The van der Waals surface area contributed by atoms with E-state index < -0.39 is 23.6 Å². The summed E-state index contributed by atoms with van der Waals surface area (Å²) in [6.07, 6.45) is -3.16. The summed E-state index contributed by atoms with van der Waals surface area (Å²) in [7, 11) is 0. The second-order valence-corrected chi connectivity index (χ2v) is 8.80. The topological polar surface area (TPSA) is 62.6 Å². The number of carbonyl (C=O) groups is 2. The molecule has 1 saturated heterocycles. The lowest BCUT2D eigenvalue weighted by atomic mass is 10.1. The van der Waals surface area contributed by atoms with Gasteiger partial charge in [0.05, 0.1) is 15.3 Å². The molecule has 0 unspecified atom stereocenters. The number of halogens is 3. The summed E-state index contributed by atoms with van der Waals surface area (Å²) >= 11 is 7.32. The first-order valence-corrected chi connectivity index (χ1v) is 10.7. The lowest BCUT2D eigenvalue weighted by molar-refractivity contribution is -0.137. The van der Waals surface area contributed by atoms with Crippen LogP contribution in [0.25, 0.3) is 17.4 Å². The Bertz CT molecular complexity index is 1200. The number of thiocarbonyl (C=S) groups is 1. The molecule has 4 rings (SSSR count). The summed E-state index contributed by atoms with van der Waals surface area (Å²) in [6, 6.07) is 11.2. The largest absolute Gasteiger partial charge is 0.457 e. The molecule has 11 heteroatoms. The Hall–Kier alpha value is -2.89. The van der Waals surface area contributed by atoms with Crippen LogP contribution in [0.15, 0.2) is 63.2 Å². The van der Waals surface area contributed by atoms with E-state index in [0.717, 1.165) is 22.8 Å². The van der Waals surface area contributed by atoms with Crippen molar-refractivity contribution in [2.24, 2.45) is 0 Å². The van der Waals surface area contributed by atoms with Crippen LogP contribution in [0.3, 0.4) is 0 Å². The normalized spacial score (nSPS) is 15.7. The Morgan fingerprint density at radius 2 is 1.90 bits per heavy atom. The Morgan fingerprint density at radius 1 is 1.13 bits per heavy atom. The monoisotopic (exact) mass is 480 g/mol. The van der Waals surface area contributed by atoms with Gasteiger partial charge in [-0.15, -0.1) is 11.3 Å². The van der Waals surface area contributed by atoms with Crippen molar-refractivity contribution < 1.29 is 27.2 Å². The van der Waals surface area contributed by atoms with Crippen molar-refractivity contribution in [2.75, 3.05) is 0 Å². The molecule has 0 aliphatic carbocycles. The van der Waals surface area contributed by atoms with Gasteiger partial charge in [-0.1, -0.05) is 36.0 Å². The smallest absolute Gasteiger partial charge is 0.417 e. The third-order valence-electron chi connectivity index (χ3n) is 4.15. The van der Waals surface area contributed by atoms with Crippen LogP contribution in [0.2, 0.25) is 0 Å². The van der Waals surface area contributed by atoms with Crippen LogP contribution in [0.5, 0.6) is 0 Å². The van der Waals surface area contributed by atoms with Gasteiger partial charge in [0.2, 0.25) is 0 Å². The molecule has 3 aromatic rings. The summed E-state index contributed by atoms with van der Waals surface area (Å²) in [5, 5.41) is 2.68. The second kappa shape index (κ2) is 8.33. The van der Waals surface area contributed by atoms with Crippen LogP contribution >= 0.6 is 35.3 Å². The van der Waals surface area contributed by atoms with Crippen LogP contribution in [0.4, 0.5) is 13.2 Å². The number of carbonyl (C=O) groups excluding carboxylic acids is 2. The summed E-state index contributed by atoms with van der Waals surface area (Å²) in [6.45, 7) is 0. The maximum atomic E-state index is 13.3. The number of thiophene rings is 1. The molecule has 0 atom stereocenters. The van der Waals surface area contributed by atoms with Crippen LogP contribution < -0.4 is 5.43 Å². The number of furan rings is 1. The molecule has 2 aromatic heterocycles. The molecular weight excluding hydrogens is 469 g/mol.